The van der Waals surface area contributed by atoms with Gasteiger partial charge in [0, 0.05) is 18.8 Å². The van der Waals surface area contributed by atoms with Crippen LogP contribution >= 0.6 is 0 Å². The molecule has 0 aromatic heterocycles. The van der Waals surface area contributed by atoms with Crippen molar-refractivity contribution >= 4 is 5.97 Å². The molecule has 3 heteroatoms. The van der Waals surface area contributed by atoms with Gasteiger partial charge < -0.3 is 9.47 Å². The average molecular weight is 457 g/mol. The van der Waals surface area contributed by atoms with E-state index in [1.54, 1.807) is 12.5 Å². The second kappa shape index (κ2) is 7.84. The van der Waals surface area contributed by atoms with Gasteiger partial charge in [0.15, 0.2) is 0 Å². The summed E-state index contributed by atoms with van der Waals surface area (Å²) >= 11 is 0. The van der Waals surface area contributed by atoms with Gasteiger partial charge in [0.25, 0.3) is 0 Å². The SMILES string of the molecule is CC(=O)OC1CCC2(C)C3=CCC4(C)C([C@H](C)CC[C@H](C)C(C)C)CCC4[C@@]34CC[C@]2(C1)O4. The summed E-state index contributed by atoms with van der Waals surface area (Å²) in [6.07, 6.45) is 14.6. The first-order valence-corrected chi connectivity index (χ1v) is 14.1. The van der Waals surface area contributed by atoms with Crippen molar-refractivity contribution in [2.45, 2.75) is 130 Å². The van der Waals surface area contributed by atoms with Crippen LogP contribution in [0.4, 0.5) is 0 Å². The Hall–Kier alpha value is -0.830. The standard InChI is InChI=1S/C30H48O3/c1-19(2)20(3)8-9-21(4)24-10-11-25-27(24,6)14-13-26-28(7)15-12-23(32-22(5)31)18-29(28)16-17-30(25,26)33-29/h13,19-21,23-25H,8-12,14-18H2,1-7H3/t20-,21+,23?,24?,25?,27?,28?,29+,30-/m0/s1. The lowest BCUT2D eigenvalue weighted by Crippen LogP contribution is -2.53. The summed E-state index contributed by atoms with van der Waals surface area (Å²) in [4.78, 5) is 11.7. The third-order valence-corrected chi connectivity index (χ3v) is 11.8. The monoisotopic (exact) mass is 456 g/mol. The molecule has 0 aromatic carbocycles. The second-order valence-electron chi connectivity index (χ2n) is 13.6. The predicted molar refractivity (Wildman–Crippen MR) is 133 cm³/mol. The van der Waals surface area contributed by atoms with Gasteiger partial charge in [0.2, 0.25) is 0 Å². The smallest absolute Gasteiger partial charge is 0.302 e. The van der Waals surface area contributed by atoms with Gasteiger partial charge in [-0.25, -0.2) is 0 Å². The topological polar surface area (TPSA) is 35.5 Å². The molecule has 0 aromatic rings. The number of fused-ring (bicyclic) bond motifs is 2. The van der Waals surface area contributed by atoms with Crippen molar-refractivity contribution in [1.82, 2.24) is 0 Å². The third kappa shape index (κ3) is 3.26. The van der Waals surface area contributed by atoms with Crippen LogP contribution in [0.25, 0.3) is 0 Å². The Morgan fingerprint density at radius 1 is 1.09 bits per heavy atom. The van der Waals surface area contributed by atoms with E-state index in [0.29, 0.717) is 11.3 Å². The van der Waals surface area contributed by atoms with Crippen LogP contribution in [0.15, 0.2) is 11.6 Å². The predicted octanol–water partition coefficient (Wildman–Crippen LogP) is 7.48. The summed E-state index contributed by atoms with van der Waals surface area (Å²) in [6, 6.07) is 0. The van der Waals surface area contributed by atoms with Gasteiger partial charge in [0.1, 0.15) is 6.10 Å². The van der Waals surface area contributed by atoms with Crippen molar-refractivity contribution < 1.29 is 14.3 Å². The van der Waals surface area contributed by atoms with Crippen LogP contribution < -0.4 is 0 Å². The molecule has 3 aliphatic carbocycles. The van der Waals surface area contributed by atoms with Crippen molar-refractivity contribution in [2.24, 2.45) is 40.4 Å². The van der Waals surface area contributed by atoms with Crippen LogP contribution in [0.3, 0.4) is 0 Å². The summed E-state index contributed by atoms with van der Waals surface area (Å²) < 4.78 is 13.1. The van der Waals surface area contributed by atoms with E-state index in [4.69, 9.17) is 9.47 Å². The number of hydrogen-bond donors (Lipinski definition) is 0. The van der Waals surface area contributed by atoms with E-state index in [1.807, 2.05) is 0 Å². The quantitative estimate of drug-likeness (QED) is 0.307. The van der Waals surface area contributed by atoms with Crippen molar-refractivity contribution in [2.75, 3.05) is 0 Å². The maximum Gasteiger partial charge on any atom is 0.302 e. The number of carbonyl (C=O) groups is 1. The molecule has 2 aliphatic heterocycles. The third-order valence-electron chi connectivity index (χ3n) is 11.8. The Morgan fingerprint density at radius 2 is 1.85 bits per heavy atom. The van der Waals surface area contributed by atoms with Gasteiger partial charge in [-0.15, -0.1) is 0 Å². The Labute approximate surface area is 202 Å². The summed E-state index contributed by atoms with van der Waals surface area (Å²) in [6.45, 7) is 16.4. The molecule has 9 atom stereocenters. The fourth-order valence-corrected chi connectivity index (χ4v) is 9.59. The number of hydrogen-bond acceptors (Lipinski definition) is 3. The molecule has 2 heterocycles. The first-order chi connectivity index (χ1) is 15.5. The summed E-state index contributed by atoms with van der Waals surface area (Å²) in [5.41, 5.74) is 1.95. The lowest BCUT2D eigenvalue weighted by atomic mass is 9.48. The van der Waals surface area contributed by atoms with Crippen LogP contribution in [-0.2, 0) is 14.3 Å². The molecule has 5 unspecified atom stereocenters. The van der Waals surface area contributed by atoms with Crippen LogP contribution in [0.2, 0.25) is 0 Å². The van der Waals surface area contributed by atoms with Gasteiger partial charge in [-0.05, 0) is 85.5 Å². The Balaban J connectivity index is 1.39. The zero-order valence-electron chi connectivity index (χ0n) is 22.3. The maximum absolute atomic E-state index is 11.7. The number of carbonyl (C=O) groups excluding carboxylic acids is 1. The molecule has 2 spiro atoms. The van der Waals surface area contributed by atoms with E-state index in [1.165, 1.54) is 38.5 Å². The zero-order valence-corrected chi connectivity index (χ0v) is 22.3. The van der Waals surface area contributed by atoms with Gasteiger partial charge >= 0.3 is 5.97 Å². The van der Waals surface area contributed by atoms with E-state index in [0.717, 1.165) is 49.4 Å². The Morgan fingerprint density at radius 3 is 2.55 bits per heavy atom. The minimum Gasteiger partial charge on any atom is -0.462 e. The molecule has 3 nitrogen and oxygen atoms in total. The normalized spacial score (nSPS) is 47.5. The van der Waals surface area contributed by atoms with E-state index >= 15 is 0 Å². The van der Waals surface area contributed by atoms with E-state index in [-0.39, 0.29) is 28.7 Å². The molecule has 0 radical (unpaired) electrons. The molecule has 5 aliphatic rings. The number of ether oxygens (including phenoxy) is 2. The molecule has 186 valence electrons. The zero-order chi connectivity index (χ0) is 23.8. The van der Waals surface area contributed by atoms with Crippen LogP contribution in [-0.4, -0.2) is 23.3 Å². The van der Waals surface area contributed by atoms with Crippen molar-refractivity contribution in [3.8, 4) is 0 Å². The molecule has 2 saturated heterocycles. The molecule has 0 N–H and O–H groups in total. The first kappa shape index (κ1) is 23.9. The summed E-state index contributed by atoms with van der Waals surface area (Å²) in [5, 5.41) is 0. The minimum atomic E-state index is -0.144. The summed E-state index contributed by atoms with van der Waals surface area (Å²) in [7, 11) is 0. The highest BCUT2D eigenvalue weighted by Crippen LogP contribution is 2.76. The molecular formula is C30H48O3. The lowest BCUT2D eigenvalue weighted by molar-refractivity contribution is -0.167. The fraction of sp³-hybridized carbons (Fsp3) is 0.900. The average Bonchev–Trinajstić information content (AvgIpc) is 3.35. The molecular weight excluding hydrogens is 408 g/mol. The number of esters is 1. The van der Waals surface area contributed by atoms with Crippen LogP contribution in [0.1, 0.15) is 113 Å². The van der Waals surface area contributed by atoms with Crippen molar-refractivity contribution in [1.29, 1.82) is 0 Å². The van der Waals surface area contributed by atoms with E-state index in [2.05, 4.69) is 47.6 Å². The van der Waals surface area contributed by atoms with E-state index in [9.17, 15) is 4.79 Å². The van der Waals surface area contributed by atoms with Gasteiger partial charge in [-0.2, -0.15) is 0 Å². The fourth-order valence-electron chi connectivity index (χ4n) is 9.59. The minimum absolute atomic E-state index is 0.0251. The molecule has 0 amide bonds. The number of rotatable bonds is 6. The number of allylic oxidation sites excluding steroid dienone is 1. The first-order valence-electron chi connectivity index (χ1n) is 14.1. The van der Waals surface area contributed by atoms with Gasteiger partial charge in [-0.3, -0.25) is 4.79 Å². The van der Waals surface area contributed by atoms with Crippen molar-refractivity contribution in [3.63, 3.8) is 0 Å². The largest absolute Gasteiger partial charge is 0.462 e. The Kier molecular flexibility index (Phi) is 5.67. The summed E-state index contributed by atoms with van der Waals surface area (Å²) in [5.74, 6) is 3.69. The van der Waals surface area contributed by atoms with Crippen LogP contribution in [0, 0.1) is 40.4 Å². The van der Waals surface area contributed by atoms with Gasteiger partial charge in [0.05, 0.1) is 11.2 Å². The molecule has 33 heavy (non-hydrogen) atoms. The van der Waals surface area contributed by atoms with E-state index < -0.39 is 0 Å². The van der Waals surface area contributed by atoms with Gasteiger partial charge in [-0.1, -0.05) is 60.5 Å². The Bertz CT molecular complexity index is 830. The van der Waals surface area contributed by atoms with Crippen LogP contribution in [0.5, 0.6) is 0 Å². The molecule has 2 bridgehead atoms. The maximum atomic E-state index is 11.7. The van der Waals surface area contributed by atoms with Crippen molar-refractivity contribution in [3.05, 3.63) is 11.6 Å². The highest BCUT2D eigenvalue weighted by Gasteiger charge is 2.76. The highest BCUT2D eigenvalue weighted by atomic mass is 16.6. The highest BCUT2D eigenvalue weighted by molar-refractivity contribution is 5.66. The molecule has 5 rings (SSSR count). The second-order valence-corrected chi connectivity index (χ2v) is 13.6. The lowest BCUT2D eigenvalue weighted by Gasteiger charge is -2.54. The molecule has 2 saturated carbocycles. The molecule has 4 fully saturated rings.